The third kappa shape index (κ3) is 5.15. The summed E-state index contributed by atoms with van der Waals surface area (Å²) in [6, 6.07) is 15.7. The van der Waals surface area contributed by atoms with E-state index in [4.69, 9.17) is 9.47 Å². The second kappa shape index (κ2) is 11.0. The average molecular weight is 520 g/mol. The normalized spacial score (nSPS) is 14.4. The summed E-state index contributed by atoms with van der Waals surface area (Å²) >= 11 is 1.44. The van der Waals surface area contributed by atoms with Crippen LogP contribution in [0.4, 0.5) is 5.69 Å². The van der Waals surface area contributed by atoms with Crippen LogP contribution in [0.25, 0.3) is 11.0 Å². The summed E-state index contributed by atoms with van der Waals surface area (Å²) < 4.78 is 12.5. The summed E-state index contributed by atoms with van der Waals surface area (Å²) in [7, 11) is 3.10. The highest BCUT2D eigenvalue weighted by molar-refractivity contribution is 7.10. The van der Waals surface area contributed by atoms with Gasteiger partial charge in [-0.1, -0.05) is 36.3 Å². The number of fused-ring (bicyclic) bond motifs is 1. The molecular formula is C27H29N5O4S. The molecule has 1 fully saturated rings. The maximum absolute atomic E-state index is 14.1. The summed E-state index contributed by atoms with van der Waals surface area (Å²) in [5.41, 5.74) is 1.96. The first-order valence-corrected chi connectivity index (χ1v) is 13.1. The highest BCUT2D eigenvalue weighted by atomic mass is 32.1. The number of amides is 2. The Hall–Kier alpha value is -3.92. The molecule has 2 aromatic carbocycles. The average Bonchev–Trinajstić information content (AvgIpc) is 3.70. The minimum absolute atomic E-state index is 0.0898. The Balaban J connectivity index is 1.57. The highest BCUT2D eigenvalue weighted by Crippen LogP contribution is 2.37. The quantitative estimate of drug-likeness (QED) is 0.353. The van der Waals surface area contributed by atoms with Crippen LogP contribution in [0.2, 0.25) is 0 Å². The van der Waals surface area contributed by atoms with Gasteiger partial charge < -0.3 is 14.8 Å². The van der Waals surface area contributed by atoms with E-state index >= 15 is 0 Å². The van der Waals surface area contributed by atoms with Crippen LogP contribution in [0.15, 0.2) is 60.0 Å². The van der Waals surface area contributed by atoms with Crippen molar-refractivity contribution in [3.8, 4) is 11.5 Å². The first-order chi connectivity index (χ1) is 18.1. The molecular weight excluding hydrogens is 490 g/mol. The predicted molar refractivity (Wildman–Crippen MR) is 142 cm³/mol. The minimum Gasteiger partial charge on any atom is -0.493 e. The lowest BCUT2D eigenvalue weighted by Gasteiger charge is -2.32. The van der Waals surface area contributed by atoms with Crippen molar-refractivity contribution in [3.05, 3.63) is 64.9 Å². The smallest absolute Gasteiger partial charge is 0.249 e. The maximum Gasteiger partial charge on any atom is 0.249 e. The van der Waals surface area contributed by atoms with Crippen molar-refractivity contribution in [2.24, 2.45) is 0 Å². The minimum atomic E-state index is -0.860. The van der Waals surface area contributed by atoms with Crippen LogP contribution in [0, 0.1) is 0 Å². The predicted octanol–water partition coefficient (Wildman–Crippen LogP) is 4.34. The fourth-order valence-corrected chi connectivity index (χ4v) is 5.63. The van der Waals surface area contributed by atoms with Gasteiger partial charge in [0.05, 0.1) is 19.7 Å². The fraction of sp³-hybridized carbons (Fsp3) is 0.333. The lowest BCUT2D eigenvalue weighted by Crippen LogP contribution is -2.47. The number of hydrogen-bond acceptors (Lipinski definition) is 7. The Morgan fingerprint density at radius 3 is 2.59 bits per heavy atom. The molecule has 0 radical (unpaired) electrons. The number of thiophene rings is 1. The Kier molecular flexibility index (Phi) is 7.36. The van der Waals surface area contributed by atoms with Crippen LogP contribution >= 0.6 is 11.3 Å². The van der Waals surface area contributed by atoms with Gasteiger partial charge in [-0.2, -0.15) is 0 Å². The molecule has 1 unspecified atom stereocenters. The number of carbonyl (C=O) groups is 2. The van der Waals surface area contributed by atoms with Crippen LogP contribution < -0.4 is 19.7 Å². The van der Waals surface area contributed by atoms with Gasteiger partial charge in [-0.3, -0.25) is 14.5 Å². The van der Waals surface area contributed by atoms with Gasteiger partial charge in [-0.25, -0.2) is 4.68 Å². The Morgan fingerprint density at radius 2 is 1.86 bits per heavy atom. The summed E-state index contributed by atoms with van der Waals surface area (Å²) in [6.07, 6.45) is 4.06. The monoisotopic (exact) mass is 519 g/mol. The molecule has 1 saturated carbocycles. The molecule has 1 N–H and O–H groups in total. The first kappa shape index (κ1) is 24.8. The Labute approximate surface area is 219 Å². The van der Waals surface area contributed by atoms with Gasteiger partial charge in [0.1, 0.15) is 18.1 Å². The molecule has 192 valence electrons. The van der Waals surface area contributed by atoms with Crippen molar-refractivity contribution in [2.45, 2.75) is 44.3 Å². The van der Waals surface area contributed by atoms with Gasteiger partial charge in [0.15, 0.2) is 11.5 Å². The highest BCUT2D eigenvalue weighted by Gasteiger charge is 2.35. The third-order valence-corrected chi connectivity index (χ3v) is 7.56. The van der Waals surface area contributed by atoms with Crippen molar-refractivity contribution in [3.63, 3.8) is 0 Å². The summed E-state index contributed by atoms with van der Waals surface area (Å²) in [4.78, 5) is 30.2. The number of aromatic nitrogens is 3. The van der Waals surface area contributed by atoms with Crippen molar-refractivity contribution < 1.29 is 19.1 Å². The number of hydrogen-bond donors (Lipinski definition) is 1. The number of rotatable bonds is 9. The third-order valence-electron chi connectivity index (χ3n) is 6.64. The molecule has 10 heteroatoms. The molecule has 1 atom stereocenters. The molecule has 5 rings (SSSR count). The molecule has 9 nitrogen and oxygen atoms in total. The first-order valence-electron chi connectivity index (χ1n) is 12.2. The van der Waals surface area contributed by atoms with Gasteiger partial charge in [-0.05, 0) is 48.6 Å². The van der Waals surface area contributed by atoms with Gasteiger partial charge in [0.2, 0.25) is 11.8 Å². The van der Waals surface area contributed by atoms with Crippen molar-refractivity contribution in [1.29, 1.82) is 0 Å². The largest absolute Gasteiger partial charge is 0.493 e. The zero-order valence-corrected chi connectivity index (χ0v) is 21.6. The van der Waals surface area contributed by atoms with Crippen LogP contribution in [0.3, 0.4) is 0 Å². The number of methoxy groups -OCH3 is 2. The van der Waals surface area contributed by atoms with E-state index in [1.165, 1.54) is 16.2 Å². The van der Waals surface area contributed by atoms with E-state index in [1.54, 1.807) is 37.1 Å². The summed E-state index contributed by atoms with van der Waals surface area (Å²) in [6.45, 7) is -0.0898. The molecule has 0 bridgehead atoms. The van der Waals surface area contributed by atoms with Crippen molar-refractivity contribution in [2.75, 3.05) is 19.1 Å². The van der Waals surface area contributed by atoms with E-state index in [0.717, 1.165) is 36.1 Å². The lowest BCUT2D eigenvalue weighted by molar-refractivity contribution is -0.127. The van der Waals surface area contributed by atoms with Crippen molar-refractivity contribution in [1.82, 2.24) is 20.3 Å². The second-order valence-corrected chi connectivity index (χ2v) is 9.93. The van der Waals surface area contributed by atoms with E-state index < -0.39 is 6.04 Å². The van der Waals surface area contributed by atoms with Crippen LogP contribution in [0.5, 0.6) is 11.5 Å². The lowest BCUT2D eigenvalue weighted by atomic mass is 10.1. The molecule has 1 aliphatic carbocycles. The maximum atomic E-state index is 14.1. The summed E-state index contributed by atoms with van der Waals surface area (Å²) in [5.74, 6) is 0.484. The van der Waals surface area contributed by atoms with E-state index in [1.807, 2.05) is 41.8 Å². The molecule has 2 aromatic heterocycles. The zero-order chi connectivity index (χ0) is 25.8. The standard InChI is InChI=1S/C27H29N5O4S/c1-35-22-14-13-19(16-23(22)36-2)32(25(33)17-31-21-11-6-5-10-20(21)29-30-31)26(24-12-7-15-37-24)27(34)28-18-8-3-4-9-18/h5-7,10-16,18,26H,3-4,8-9,17H2,1-2H3,(H,28,34). The number of nitrogens with one attached hydrogen (secondary N) is 1. The van der Waals surface area contributed by atoms with Gasteiger partial charge in [0, 0.05) is 22.7 Å². The fourth-order valence-electron chi connectivity index (χ4n) is 4.82. The Bertz CT molecular complexity index is 1380. The number of anilines is 1. The van der Waals surface area contributed by atoms with Gasteiger partial charge in [0.25, 0.3) is 0 Å². The van der Waals surface area contributed by atoms with Gasteiger partial charge in [-0.15, -0.1) is 16.4 Å². The molecule has 4 aromatic rings. The van der Waals surface area contributed by atoms with Crippen LogP contribution in [-0.4, -0.2) is 47.1 Å². The summed E-state index contributed by atoms with van der Waals surface area (Å²) in [5, 5.41) is 13.5. The van der Waals surface area contributed by atoms with Gasteiger partial charge >= 0.3 is 0 Å². The van der Waals surface area contributed by atoms with Crippen LogP contribution in [-0.2, 0) is 16.1 Å². The molecule has 1 aliphatic rings. The number of carbonyl (C=O) groups excluding carboxylic acids is 2. The molecule has 0 saturated heterocycles. The molecule has 0 aliphatic heterocycles. The molecule has 37 heavy (non-hydrogen) atoms. The number of ether oxygens (including phenoxy) is 2. The number of nitrogens with zero attached hydrogens (tertiary/aromatic N) is 4. The SMILES string of the molecule is COc1ccc(N(C(=O)Cn2nnc3ccccc32)C(C(=O)NC2CCCC2)c2cccs2)cc1OC. The molecule has 2 heterocycles. The Morgan fingerprint density at radius 1 is 1.08 bits per heavy atom. The molecule has 2 amide bonds. The van der Waals surface area contributed by atoms with Crippen molar-refractivity contribution >= 4 is 39.9 Å². The van der Waals surface area contributed by atoms with E-state index in [-0.39, 0.29) is 24.4 Å². The topological polar surface area (TPSA) is 98.6 Å². The van der Waals surface area contributed by atoms with Crippen LogP contribution in [0.1, 0.15) is 36.6 Å². The molecule has 0 spiro atoms. The van der Waals surface area contributed by atoms with E-state index in [0.29, 0.717) is 22.7 Å². The second-order valence-electron chi connectivity index (χ2n) is 8.95. The van der Waals surface area contributed by atoms with E-state index in [2.05, 4.69) is 15.6 Å². The number of para-hydroxylation sites is 1. The number of benzene rings is 2. The zero-order valence-electron chi connectivity index (χ0n) is 20.8. The van der Waals surface area contributed by atoms with E-state index in [9.17, 15) is 9.59 Å².